The van der Waals surface area contributed by atoms with Gasteiger partial charge in [-0.25, -0.2) is 4.98 Å². The highest BCUT2D eigenvalue weighted by molar-refractivity contribution is 8.00. The lowest BCUT2D eigenvalue weighted by Crippen LogP contribution is -2.46. The van der Waals surface area contributed by atoms with Crippen LogP contribution in [-0.4, -0.2) is 27.2 Å². The van der Waals surface area contributed by atoms with E-state index in [0.29, 0.717) is 10.9 Å². The molecule has 1 aliphatic rings. The van der Waals surface area contributed by atoms with Gasteiger partial charge in [0.15, 0.2) is 0 Å². The van der Waals surface area contributed by atoms with Crippen molar-refractivity contribution in [2.45, 2.75) is 30.0 Å². The van der Waals surface area contributed by atoms with E-state index in [9.17, 15) is 4.79 Å². The van der Waals surface area contributed by atoms with Gasteiger partial charge in [0.25, 0.3) is 5.91 Å². The second kappa shape index (κ2) is 6.61. The molecule has 0 bridgehead atoms. The Morgan fingerprint density at radius 1 is 1.12 bits per heavy atom. The normalized spacial score (nSPS) is 19.5. The van der Waals surface area contributed by atoms with Crippen LogP contribution in [0, 0.1) is 0 Å². The highest BCUT2D eigenvalue weighted by atomic mass is 32.2. The zero-order chi connectivity index (χ0) is 17.4. The number of carbonyl (C=O) groups excluding carboxylic acids is 1. The van der Waals surface area contributed by atoms with Gasteiger partial charge in [-0.2, -0.15) is 0 Å². The SMILES string of the molecule is CC1Sc2ccccc2N(C(=O)c2csc(-c3ccccn3)n2)C1C. The van der Waals surface area contributed by atoms with E-state index in [-0.39, 0.29) is 11.9 Å². The summed E-state index contributed by atoms with van der Waals surface area (Å²) < 4.78 is 0. The molecule has 0 radical (unpaired) electrons. The number of rotatable bonds is 2. The summed E-state index contributed by atoms with van der Waals surface area (Å²) in [7, 11) is 0. The number of nitrogens with zero attached hydrogens (tertiary/aromatic N) is 3. The van der Waals surface area contributed by atoms with Crippen LogP contribution < -0.4 is 4.90 Å². The number of hydrogen-bond acceptors (Lipinski definition) is 5. The molecule has 126 valence electrons. The Hall–Kier alpha value is -2.18. The van der Waals surface area contributed by atoms with Crippen LogP contribution >= 0.6 is 23.1 Å². The third-order valence-corrected chi connectivity index (χ3v) is 6.58. The van der Waals surface area contributed by atoms with E-state index in [4.69, 9.17) is 0 Å². The van der Waals surface area contributed by atoms with Crippen molar-refractivity contribution in [1.29, 1.82) is 0 Å². The molecule has 0 spiro atoms. The third kappa shape index (κ3) is 2.96. The molecule has 1 aliphatic heterocycles. The number of para-hydroxylation sites is 1. The van der Waals surface area contributed by atoms with Crippen LogP contribution in [-0.2, 0) is 0 Å². The number of hydrogen-bond donors (Lipinski definition) is 0. The van der Waals surface area contributed by atoms with Gasteiger partial charge in [0.05, 0.1) is 11.4 Å². The number of fused-ring (bicyclic) bond motifs is 1. The zero-order valence-electron chi connectivity index (χ0n) is 13.9. The Kier molecular flexibility index (Phi) is 4.31. The molecular formula is C19H17N3OS2. The van der Waals surface area contributed by atoms with Gasteiger partial charge in [0.2, 0.25) is 0 Å². The fourth-order valence-electron chi connectivity index (χ4n) is 2.88. The van der Waals surface area contributed by atoms with E-state index in [1.807, 2.05) is 58.4 Å². The summed E-state index contributed by atoms with van der Waals surface area (Å²) in [5, 5.41) is 2.92. The van der Waals surface area contributed by atoms with Gasteiger partial charge in [-0.05, 0) is 31.2 Å². The quantitative estimate of drug-likeness (QED) is 0.657. The number of thiazole rings is 1. The van der Waals surface area contributed by atoms with Crippen molar-refractivity contribution >= 4 is 34.7 Å². The summed E-state index contributed by atoms with van der Waals surface area (Å²) in [6.07, 6.45) is 1.74. The van der Waals surface area contributed by atoms with E-state index in [1.165, 1.54) is 11.3 Å². The molecule has 1 amide bonds. The van der Waals surface area contributed by atoms with Gasteiger partial charge >= 0.3 is 0 Å². The molecule has 0 aliphatic carbocycles. The molecule has 0 N–H and O–H groups in total. The minimum absolute atomic E-state index is 0.0504. The summed E-state index contributed by atoms with van der Waals surface area (Å²) in [4.78, 5) is 25.1. The number of benzene rings is 1. The number of thioether (sulfide) groups is 1. The van der Waals surface area contributed by atoms with Crippen molar-refractivity contribution in [3.63, 3.8) is 0 Å². The number of aromatic nitrogens is 2. The number of pyridine rings is 1. The van der Waals surface area contributed by atoms with Crippen molar-refractivity contribution in [3.05, 3.63) is 59.7 Å². The Balaban J connectivity index is 1.70. The van der Waals surface area contributed by atoms with Crippen molar-refractivity contribution in [3.8, 4) is 10.7 Å². The average molecular weight is 367 g/mol. The number of carbonyl (C=O) groups is 1. The summed E-state index contributed by atoms with van der Waals surface area (Å²) in [6, 6.07) is 13.9. The molecule has 2 aromatic heterocycles. The molecule has 3 aromatic rings. The predicted octanol–water partition coefficient (Wildman–Crippen LogP) is 4.73. The van der Waals surface area contributed by atoms with E-state index in [2.05, 4.69) is 29.9 Å². The maximum atomic E-state index is 13.2. The van der Waals surface area contributed by atoms with E-state index >= 15 is 0 Å². The monoisotopic (exact) mass is 367 g/mol. The van der Waals surface area contributed by atoms with Crippen molar-refractivity contribution < 1.29 is 4.79 Å². The first-order valence-corrected chi connectivity index (χ1v) is 9.87. The zero-order valence-corrected chi connectivity index (χ0v) is 15.6. The molecule has 3 heterocycles. The lowest BCUT2D eigenvalue weighted by Gasteiger charge is -2.38. The van der Waals surface area contributed by atoms with E-state index in [0.717, 1.165) is 21.3 Å². The van der Waals surface area contributed by atoms with Gasteiger partial charge < -0.3 is 4.90 Å². The maximum Gasteiger partial charge on any atom is 0.278 e. The largest absolute Gasteiger partial charge is 0.302 e. The minimum atomic E-state index is -0.0504. The molecule has 0 fully saturated rings. The van der Waals surface area contributed by atoms with Crippen molar-refractivity contribution in [2.75, 3.05) is 4.90 Å². The minimum Gasteiger partial charge on any atom is -0.302 e. The van der Waals surface area contributed by atoms with E-state index < -0.39 is 0 Å². The predicted molar refractivity (Wildman–Crippen MR) is 103 cm³/mol. The Morgan fingerprint density at radius 3 is 2.72 bits per heavy atom. The maximum absolute atomic E-state index is 13.2. The Labute approximate surface area is 154 Å². The van der Waals surface area contributed by atoms with Crippen LogP contribution in [0.1, 0.15) is 24.3 Å². The van der Waals surface area contributed by atoms with Crippen molar-refractivity contribution in [1.82, 2.24) is 9.97 Å². The first kappa shape index (κ1) is 16.3. The third-order valence-electron chi connectivity index (χ3n) is 4.35. The molecule has 6 heteroatoms. The summed E-state index contributed by atoms with van der Waals surface area (Å²) in [5.41, 5.74) is 2.24. The highest BCUT2D eigenvalue weighted by Gasteiger charge is 2.34. The molecule has 4 nitrogen and oxygen atoms in total. The van der Waals surface area contributed by atoms with Crippen LogP contribution in [0.4, 0.5) is 5.69 Å². The van der Waals surface area contributed by atoms with Gasteiger partial charge in [-0.1, -0.05) is 25.1 Å². The Morgan fingerprint density at radius 2 is 1.92 bits per heavy atom. The van der Waals surface area contributed by atoms with Crippen LogP contribution in [0.5, 0.6) is 0 Å². The average Bonchev–Trinajstić information content (AvgIpc) is 3.13. The van der Waals surface area contributed by atoms with Crippen LogP contribution in [0.25, 0.3) is 10.7 Å². The van der Waals surface area contributed by atoms with Crippen LogP contribution in [0.3, 0.4) is 0 Å². The second-order valence-corrected chi connectivity index (χ2v) is 8.24. The van der Waals surface area contributed by atoms with Gasteiger partial charge in [0.1, 0.15) is 10.7 Å². The summed E-state index contributed by atoms with van der Waals surface area (Å²) in [6.45, 7) is 4.25. The molecule has 0 saturated heterocycles. The van der Waals surface area contributed by atoms with Gasteiger partial charge in [-0.15, -0.1) is 23.1 Å². The molecule has 2 atom stereocenters. The molecular weight excluding hydrogens is 350 g/mol. The molecule has 25 heavy (non-hydrogen) atoms. The smallest absolute Gasteiger partial charge is 0.278 e. The lowest BCUT2D eigenvalue weighted by molar-refractivity contribution is 0.0973. The summed E-state index contributed by atoms with van der Waals surface area (Å²) >= 11 is 3.27. The first-order valence-electron chi connectivity index (χ1n) is 8.11. The summed E-state index contributed by atoms with van der Waals surface area (Å²) in [5.74, 6) is -0.0504. The molecule has 2 unspecified atom stereocenters. The van der Waals surface area contributed by atoms with Gasteiger partial charge in [-0.3, -0.25) is 9.78 Å². The fourth-order valence-corrected chi connectivity index (χ4v) is 4.81. The fraction of sp³-hybridized carbons (Fsp3) is 0.211. The second-order valence-electron chi connectivity index (χ2n) is 5.96. The lowest BCUT2D eigenvalue weighted by atomic mass is 10.1. The first-order chi connectivity index (χ1) is 12.1. The molecule has 0 saturated carbocycles. The topological polar surface area (TPSA) is 46.1 Å². The number of amides is 1. The van der Waals surface area contributed by atoms with Crippen LogP contribution in [0.15, 0.2) is 58.9 Å². The molecule has 4 rings (SSSR count). The molecule has 1 aromatic carbocycles. The highest BCUT2D eigenvalue weighted by Crippen LogP contribution is 2.42. The standard InChI is InChI=1S/C19H17N3OS2/c1-12-13(2)25-17-9-4-3-8-16(17)22(12)19(23)15-11-24-18(21-15)14-7-5-6-10-20-14/h3-13H,1-2H3. The van der Waals surface area contributed by atoms with E-state index in [1.54, 1.807) is 6.20 Å². The Bertz CT molecular complexity index is 910. The van der Waals surface area contributed by atoms with Crippen molar-refractivity contribution in [2.24, 2.45) is 0 Å². The number of anilines is 1. The van der Waals surface area contributed by atoms with Crippen LogP contribution in [0.2, 0.25) is 0 Å². The van der Waals surface area contributed by atoms with Gasteiger partial charge in [0, 0.05) is 27.8 Å².